The van der Waals surface area contributed by atoms with E-state index in [9.17, 15) is 0 Å². The Labute approximate surface area is 187 Å². The number of methoxy groups -OCH3 is 2. The highest BCUT2D eigenvalue weighted by Crippen LogP contribution is 2.39. The number of nitrogens with one attached hydrogen (secondary N) is 2. The average molecular weight is 441 g/mol. The second-order valence-corrected chi connectivity index (χ2v) is 8.03. The zero-order valence-corrected chi connectivity index (χ0v) is 19.1. The molecule has 2 N–H and O–H groups in total. The summed E-state index contributed by atoms with van der Waals surface area (Å²) in [7, 11) is 3.18. The first kappa shape index (κ1) is 22.4. The van der Waals surface area contributed by atoms with E-state index >= 15 is 0 Å². The molecule has 8 heteroatoms. The minimum atomic E-state index is 0.452. The van der Waals surface area contributed by atoms with Gasteiger partial charge in [0.05, 0.1) is 27.3 Å². The number of para-hydroxylation sites is 1. The standard InChI is InChI=1S/C23H28N4O3S/c1-5-24-23(27-15-18-11-9-16(2)31-18)26-14-17-10-12-21(25-13-17)30-22-19(28-3)7-6-8-20(22)29-4/h6-13H,5,14-15H2,1-4H3,(H2,24,26,27). The molecule has 0 fully saturated rings. The molecule has 0 aliphatic heterocycles. The molecule has 0 unspecified atom stereocenters. The Morgan fingerprint density at radius 1 is 1.03 bits per heavy atom. The number of aliphatic imine (C=N–C) groups is 1. The highest BCUT2D eigenvalue weighted by atomic mass is 32.1. The van der Waals surface area contributed by atoms with E-state index in [1.807, 2.05) is 37.3 Å². The lowest BCUT2D eigenvalue weighted by Gasteiger charge is -2.13. The molecule has 3 aromatic rings. The van der Waals surface area contributed by atoms with Crippen molar-refractivity contribution in [3.63, 3.8) is 0 Å². The molecule has 0 amide bonds. The average Bonchev–Trinajstić information content (AvgIpc) is 3.21. The van der Waals surface area contributed by atoms with Crippen LogP contribution >= 0.6 is 11.3 Å². The van der Waals surface area contributed by atoms with Gasteiger partial charge in [0, 0.05) is 28.6 Å². The van der Waals surface area contributed by atoms with Gasteiger partial charge in [-0.15, -0.1) is 11.3 Å². The first-order valence-corrected chi connectivity index (χ1v) is 10.9. The van der Waals surface area contributed by atoms with Gasteiger partial charge in [0.25, 0.3) is 0 Å². The molecule has 2 heterocycles. The van der Waals surface area contributed by atoms with Crippen molar-refractivity contribution in [1.82, 2.24) is 15.6 Å². The Morgan fingerprint density at radius 2 is 1.81 bits per heavy atom. The molecule has 7 nitrogen and oxygen atoms in total. The van der Waals surface area contributed by atoms with Gasteiger partial charge in [-0.3, -0.25) is 0 Å². The van der Waals surface area contributed by atoms with E-state index in [0.29, 0.717) is 29.7 Å². The van der Waals surface area contributed by atoms with E-state index in [1.165, 1.54) is 9.75 Å². The Balaban J connectivity index is 1.64. The highest BCUT2D eigenvalue weighted by Gasteiger charge is 2.13. The van der Waals surface area contributed by atoms with Crippen LogP contribution in [0.4, 0.5) is 0 Å². The summed E-state index contributed by atoms with van der Waals surface area (Å²) < 4.78 is 16.6. The van der Waals surface area contributed by atoms with Crippen LogP contribution in [0.15, 0.2) is 53.7 Å². The van der Waals surface area contributed by atoms with Gasteiger partial charge in [-0.25, -0.2) is 9.98 Å². The van der Waals surface area contributed by atoms with E-state index in [0.717, 1.165) is 24.6 Å². The summed E-state index contributed by atoms with van der Waals surface area (Å²) in [5.41, 5.74) is 0.975. The van der Waals surface area contributed by atoms with Gasteiger partial charge in [0.15, 0.2) is 17.5 Å². The van der Waals surface area contributed by atoms with Gasteiger partial charge in [-0.1, -0.05) is 12.1 Å². The number of pyridine rings is 1. The highest BCUT2D eigenvalue weighted by molar-refractivity contribution is 7.11. The summed E-state index contributed by atoms with van der Waals surface area (Å²) in [6.45, 7) is 6.20. The van der Waals surface area contributed by atoms with E-state index < -0.39 is 0 Å². The van der Waals surface area contributed by atoms with Crippen LogP contribution in [-0.4, -0.2) is 31.7 Å². The van der Waals surface area contributed by atoms with E-state index in [4.69, 9.17) is 14.2 Å². The van der Waals surface area contributed by atoms with Crippen LogP contribution in [0.5, 0.6) is 23.1 Å². The number of nitrogens with zero attached hydrogens (tertiary/aromatic N) is 2. The summed E-state index contributed by atoms with van der Waals surface area (Å²) in [5, 5.41) is 6.64. The second-order valence-electron chi connectivity index (χ2n) is 6.66. The van der Waals surface area contributed by atoms with Gasteiger partial charge in [-0.2, -0.15) is 0 Å². The van der Waals surface area contributed by atoms with Gasteiger partial charge >= 0.3 is 0 Å². The number of guanidine groups is 1. The maximum atomic E-state index is 5.91. The fourth-order valence-electron chi connectivity index (χ4n) is 2.85. The van der Waals surface area contributed by atoms with Crippen molar-refractivity contribution in [1.29, 1.82) is 0 Å². The van der Waals surface area contributed by atoms with E-state index in [-0.39, 0.29) is 0 Å². The second kappa shape index (κ2) is 11.2. The number of rotatable bonds is 9. The quantitative estimate of drug-likeness (QED) is 0.376. The molecule has 0 atom stereocenters. The maximum Gasteiger partial charge on any atom is 0.219 e. The molecular formula is C23H28N4O3S. The third-order valence-corrected chi connectivity index (χ3v) is 5.38. The van der Waals surface area contributed by atoms with Crippen molar-refractivity contribution in [3.8, 4) is 23.1 Å². The predicted molar refractivity (Wildman–Crippen MR) is 125 cm³/mol. The molecule has 0 spiro atoms. The number of benzene rings is 1. The third-order valence-electron chi connectivity index (χ3n) is 4.38. The van der Waals surface area contributed by atoms with Crippen molar-refractivity contribution < 1.29 is 14.2 Å². The van der Waals surface area contributed by atoms with Gasteiger partial charge in [0.1, 0.15) is 0 Å². The lowest BCUT2D eigenvalue weighted by molar-refractivity contribution is 0.342. The first-order valence-electron chi connectivity index (χ1n) is 10.0. The summed E-state index contributed by atoms with van der Waals surface area (Å²) in [5.74, 6) is 2.88. The molecule has 0 bridgehead atoms. The molecule has 164 valence electrons. The zero-order valence-electron chi connectivity index (χ0n) is 18.3. The Kier molecular flexibility index (Phi) is 8.12. The number of hydrogen-bond donors (Lipinski definition) is 2. The van der Waals surface area contributed by atoms with Crippen LogP contribution in [-0.2, 0) is 13.1 Å². The van der Waals surface area contributed by atoms with Gasteiger partial charge in [0.2, 0.25) is 11.6 Å². The van der Waals surface area contributed by atoms with Crippen LogP contribution in [0.25, 0.3) is 0 Å². The maximum absolute atomic E-state index is 5.91. The number of thiophene rings is 1. The number of aryl methyl sites for hydroxylation is 1. The third kappa shape index (κ3) is 6.36. The number of aromatic nitrogens is 1. The normalized spacial score (nSPS) is 11.2. The van der Waals surface area contributed by atoms with E-state index in [2.05, 4.69) is 39.7 Å². The molecule has 0 radical (unpaired) electrons. The molecule has 3 rings (SSSR count). The molecule has 31 heavy (non-hydrogen) atoms. The minimum absolute atomic E-state index is 0.452. The van der Waals surface area contributed by atoms with Crippen molar-refractivity contribution in [3.05, 3.63) is 64.0 Å². The largest absolute Gasteiger partial charge is 0.493 e. The summed E-state index contributed by atoms with van der Waals surface area (Å²) in [4.78, 5) is 11.6. The molecule has 0 aliphatic carbocycles. The Morgan fingerprint density at radius 3 is 2.39 bits per heavy atom. The van der Waals surface area contributed by atoms with Crippen LogP contribution in [0.2, 0.25) is 0 Å². The summed E-state index contributed by atoms with van der Waals surface area (Å²) >= 11 is 1.78. The molecule has 2 aromatic heterocycles. The topological polar surface area (TPSA) is 77.0 Å². The zero-order chi connectivity index (χ0) is 22.1. The van der Waals surface area contributed by atoms with Gasteiger partial charge in [-0.05, 0) is 43.7 Å². The fourth-order valence-corrected chi connectivity index (χ4v) is 3.68. The predicted octanol–water partition coefficient (Wildman–Crippen LogP) is 4.52. The molecular weight excluding hydrogens is 412 g/mol. The Hall–Kier alpha value is -3.26. The Bertz CT molecular complexity index is 980. The van der Waals surface area contributed by atoms with Crippen molar-refractivity contribution >= 4 is 17.3 Å². The minimum Gasteiger partial charge on any atom is -0.493 e. The summed E-state index contributed by atoms with van der Waals surface area (Å²) in [6, 6.07) is 13.5. The molecule has 0 saturated carbocycles. The van der Waals surface area contributed by atoms with Crippen molar-refractivity contribution in [2.45, 2.75) is 26.9 Å². The lowest BCUT2D eigenvalue weighted by atomic mass is 10.3. The molecule has 1 aromatic carbocycles. The van der Waals surface area contributed by atoms with Crippen LogP contribution < -0.4 is 24.8 Å². The molecule has 0 aliphatic rings. The SMILES string of the molecule is CCNC(=NCc1ccc(Oc2c(OC)cccc2OC)nc1)NCc1ccc(C)s1. The van der Waals surface area contributed by atoms with E-state index in [1.54, 1.807) is 31.8 Å². The van der Waals surface area contributed by atoms with Crippen LogP contribution in [0.1, 0.15) is 22.2 Å². The van der Waals surface area contributed by atoms with Crippen molar-refractivity contribution in [2.24, 2.45) is 4.99 Å². The smallest absolute Gasteiger partial charge is 0.219 e. The fraction of sp³-hybridized carbons (Fsp3) is 0.304. The monoisotopic (exact) mass is 440 g/mol. The number of hydrogen-bond acceptors (Lipinski definition) is 6. The van der Waals surface area contributed by atoms with Gasteiger partial charge < -0.3 is 24.8 Å². The molecule has 0 saturated heterocycles. The first-order chi connectivity index (χ1) is 15.1. The van der Waals surface area contributed by atoms with Crippen molar-refractivity contribution in [2.75, 3.05) is 20.8 Å². The lowest BCUT2D eigenvalue weighted by Crippen LogP contribution is -2.36. The summed E-state index contributed by atoms with van der Waals surface area (Å²) in [6.07, 6.45) is 1.76. The van der Waals surface area contributed by atoms with Crippen LogP contribution in [0.3, 0.4) is 0 Å². The number of ether oxygens (including phenoxy) is 3. The van der Waals surface area contributed by atoms with Crippen LogP contribution in [0, 0.1) is 6.92 Å².